The van der Waals surface area contributed by atoms with Gasteiger partial charge in [0.1, 0.15) is 23.4 Å². The van der Waals surface area contributed by atoms with Crippen molar-refractivity contribution in [3.8, 4) is 17.2 Å². The van der Waals surface area contributed by atoms with Crippen molar-refractivity contribution in [2.24, 2.45) is 0 Å². The lowest BCUT2D eigenvalue weighted by atomic mass is 9.91. The molecule has 3 heterocycles. The zero-order valence-electron chi connectivity index (χ0n) is 32.7. The van der Waals surface area contributed by atoms with Crippen molar-refractivity contribution < 1.29 is 48.5 Å². The van der Waals surface area contributed by atoms with E-state index in [1.165, 1.54) is 41.9 Å². The van der Waals surface area contributed by atoms with Crippen molar-refractivity contribution >= 4 is 57.1 Å². The molecule has 59 heavy (non-hydrogen) atoms. The van der Waals surface area contributed by atoms with Gasteiger partial charge in [-0.3, -0.25) is 19.0 Å². The molecule has 1 amide bonds. The van der Waals surface area contributed by atoms with Crippen LogP contribution in [0.2, 0.25) is 5.02 Å². The lowest BCUT2D eigenvalue weighted by Crippen LogP contribution is -2.44. The number of pyridine rings is 1. The number of methoxy groups -OCH3 is 1. The number of phenolic OH excluding ortho intramolecular Hbond substituents is 1. The van der Waals surface area contributed by atoms with Crippen molar-refractivity contribution in [1.29, 1.82) is 0 Å². The number of aliphatic hydroxyl groups is 2. The monoisotopic (exact) mass is 878 g/mol. The summed E-state index contributed by atoms with van der Waals surface area (Å²) in [6.45, 7) is 1.35. The van der Waals surface area contributed by atoms with Gasteiger partial charge in [0.15, 0.2) is 6.61 Å². The maximum absolute atomic E-state index is 13.4. The average Bonchev–Trinajstić information content (AvgIpc) is 3.96. The van der Waals surface area contributed by atoms with Crippen molar-refractivity contribution in [1.82, 2.24) is 20.1 Å². The molecule has 320 valence electrons. The van der Waals surface area contributed by atoms with Gasteiger partial charge in [0.2, 0.25) is 11.2 Å². The van der Waals surface area contributed by atoms with Gasteiger partial charge in [0.25, 0.3) is 5.91 Å². The average molecular weight is 879 g/mol. The van der Waals surface area contributed by atoms with Gasteiger partial charge in [-0.1, -0.05) is 29.8 Å². The third-order valence-corrected chi connectivity index (χ3v) is 12.7. The fourth-order valence-corrected chi connectivity index (χ4v) is 8.97. The van der Waals surface area contributed by atoms with Crippen LogP contribution in [0.5, 0.6) is 17.2 Å². The highest BCUT2D eigenvalue weighted by molar-refractivity contribution is 7.12. The van der Waals surface area contributed by atoms with E-state index >= 15 is 0 Å². The summed E-state index contributed by atoms with van der Waals surface area (Å²) in [6, 6.07) is 16.6. The summed E-state index contributed by atoms with van der Waals surface area (Å²) in [5.41, 5.74) is -0.671. The molecule has 3 aromatic heterocycles. The number of rotatable bonds is 17. The van der Waals surface area contributed by atoms with E-state index < -0.39 is 17.7 Å². The van der Waals surface area contributed by atoms with Crippen LogP contribution in [-0.2, 0) is 26.5 Å². The Morgan fingerprint density at radius 3 is 2.29 bits per heavy atom. The highest BCUT2D eigenvalue weighted by Crippen LogP contribution is 2.38. The molecule has 18 heteroatoms. The number of thiophene rings is 2. The number of carbonyl (C=O) groups excluding carboxylic acids is 2. The Kier molecular flexibility index (Phi) is 16.8. The minimum Gasteiger partial charge on any atom is -0.506 e. The lowest BCUT2D eigenvalue weighted by molar-refractivity contribution is -0.169. The molecule has 1 aliphatic carbocycles. The molecule has 0 spiro atoms. The van der Waals surface area contributed by atoms with E-state index in [4.69, 9.17) is 25.8 Å². The second kappa shape index (κ2) is 21.1. The first-order valence-electron chi connectivity index (χ1n) is 18.6. The summed E-state index contributed by atoms with van der Waals surface area (Å²) in [5, 5.41) is 40.3. The maximum atomic E-state index is 13.4. The van der Waals surface area contributed by atoms with Crippen LogP contribution in [0.15, 0.2) is 76.2 Å². The summed E-state index contributed by atoms with van der Waals surface area (Å²) in [7, 11) is 5.27. The van der Waals surface area contributed by atoms with Gasteiger partial charge in [0.05, 0.1) is 33.5 Å². The van der Waals surface area contributed by atoms with E-state index in [1.54, 1.807) is 48.3 Å². The summed E-state index contributed by atoms with van der Waals surface area (Å²) in [4.78, 5) is 45.7. The number of ether oxygens (including phenoxy) is 3. The summed E-state index contributed by atoms with van der Waals surface area (Å²) < 4.78 is 17.3. The fourth-order valence-electron chi connectivity index (χ4n) is 7.01. The van der Waals surface area contributed by atoms with Gasteiger partial charge in [0, 0.05) is 62.4 Å². The molecule has 1 saturated carbocycles. The topological polar surface area (TPSA) is 174 Å². The van der Waals surface area contributed by atoms with E-state index in [0.29, 0.717) is 75.3 Å². The number of nitrogens with zero attached hydrogens (tertiary/aromatic N) is 2. The standard InChI is InChI=1S/C41H47ClN4O9S2.2FH/c1-45(26-8-10-27(11-9-26)55-40(51)41(52,35-6-4-18-56-35)36-7-5-19-57-36)16-17-46(2)38(50)24-54-34-21-33(53-3)25(20-30(34)42)22-43-23-32(48)28-12-14-31(47)39-29(28)13-15-37(49)44-39;;/h4-7,12-15,18-21,26-27,32,43,47-48,52H,8-11,16-17,22-24H2,1-3H3,(H,44,49);2*1H/t26?,27?,32-;;/m1../s1. The van der Waals surface area contributed by atoms with E-state index in [1.807, 2.05) is 29.9 Å². The molecule has 1 aliphatic rings. The fraction of sp³-hybridized carbons (Fsp3) is 0.390. The van der Waals surface area contributed by atoms with E-state index in [2.05, 4.69) is 15.2 Å². The van der Waals surface area contributed by atoms with Crippen LogP contribution >= 0.6 is 34.3 Å². The second-order valence-corrected chi connectivity index (χ2v) is 16.4. The van der Waals surface area contributed by atoms with Crippen LogP contribution in [0.1, 0.15) is 52.7 Å². The smallest absolute Gasteiger partial charge is 0.349 e. The number of hydrogen-bond donors (Lipinski definition) is 5. The van der Waals surface area contributed by atoms with Gasteiger partial charge in [-0.25, -0.2) is 4.79 Å². The number of esters is 1. The van der Waals surface area contributed by atoms with E-state index in [0.717, 1.165) is 12.8 Å². The molecule has 0 saturated heterocycles. The predicted molar refractivity (Wildman–Crippen MR) is 225 cm³/mol. The number of nitrogens with one attached hydrogen (secondary N) is 2. The normalized spacial score (nSPS) is 15.8. The number of amides is 1. The molecule has 2 aromatic carbocycles. The van der Waals surface area contributed by atoms with Crippen LogP contribution in [0.4, 0.5) is 9.41 Å². The molecule has 13 nitrogen and oxygen atoms in total. The Morgan fingerprint density at radius 2 is 1.66 bits per heavy atom. The Labute approximate surface area is 352 Å². The quantitative estimate of drug-likeness (QED) is 0.0725. The Morgan fingerprint density at radius 1 is 0.983 bits per heavy atom. The van der Waals surface area contributed by atoms with E-state index in [-0.39, 0.29) is 57.4 Å². The highest BCUT2D eigenvalue weighted by Gasteiger charge is 2.45. The molecular formula is C41H49ClF2N4O9S2. The number of hydrogen-bond acceptors (Lipinski definition) is 13. The summed E-state index contributed by atoms with van der Waals surface area (Å²) >= 11 is 9.21. The third kappa shape index (κ3) is 11.0. The second-order valence-electron chi connectivity index (χ2n) is 14.1. The number of aliphatic hydroxyl groups excluding tert-OH is 1. The van der Waals surface area contributed by atoms with Crippen molar-refractivity contribution in [2.45, 2.75) is 56.1 Å². The lowest BCUT2D eigenvalue weighted by Gasteiger charge is -2.36. The van der Waals surface area contributed by atoms with Crippen molar-refractivity contribution in [3.05, 3.63) is 108 Å². The highest BCUT2D eigenvalue weighted by atomic mass is 35.5. The minimum atomic E-state index is -1.82. The first kappa shape index (κ1) is 47.1. The van der Waals surface area contributed by atoms with E-state index in [9.17, 15) is 29.7 Å². The zero-order valence-corrected chi connectivity index (χ0v) is 35.1. The Bertz CT molecular complexity index is 2170. The number of H-pyrrole nitrogens is 1. The number of likely N-dealkylation sites (N-methyl/N-ethyl adjacent to an activating group) is 2. The molecule has 0 bridgehead atoms. The largest absolute Gasteiger partial charge is 0.506 e. The zero-order chi connectivity index (χ0) is 40.7. The number of aromatic hydroxyl groups is 1. The molecule has 6 rings (SSSR count). The van der Waals surface area contributed by atoms with Gasteiger partial charge in [-0.2, -0.15) is 0 Å². The first-order valence-corrected chi connectivity index (χ1v) is 20.7. The molecule has 1 fully saturated rings. The molecule has 0 radical (unpaired) electrons. The van der Waals surface area contributed by atoms with Gasteiger partial charge >= 0.3 is 5.97 Å². The number of halogens is 3. The molecule has 5 N–H and O–H groups in total. The van der Waals surface area contributed by atoms with Crippen molar-refractivity contribution in [3.63, 3.8) is 0 Å². The minimum absolute atomic E-state index is 0. The van der Waals surface area contributed by atoms with Gasteiger partial charge < -0.3 is 49.6 Å². The molecular weight excluding hydrogens is 830 g/mol. The first-order chi connectivity index (χ1) is 27.4. The van der Waals surface area contributed by atoms with Crippen molar-refractivity contribution in [2.75, 3.05) is 47.4 Å². The third-order valence-electron chi connectivity index (χ3n) is 10.4. The number of aromatic nitrogens is 1. The molecule has 5 aromatic rings. The maximum Gasteiger partial charge on any atom is 0.349 e. The number of phenols is 1. The van der Waals surface area contributed by atoms with Gasteiger partial charge in [-0.15, -0.1) is 22.7 Å². The van der Waals surface area contributed by atoms with Crippen LogP contribution in [0.3, 0.4) is 0 Å². The Balaban J connectivity index is 0.00000384. The predicted octanol–water partition coefficient (Wildman–Crippen LogP) is 5.71. The van der Waals surface area contributed by atoms with Crippen LogP contribution < -0.4 is 20.3 Å². The van der Waals surface area contributed by atoms with Crippen LogP contribution in [0, 0.1) is 0 Å². The molecule has 1 atom stereocenters. The number of fused-ring (bicyclic) bond motifs is 1. The molecule has 0 unspecified atom stereocenters. The number of benzene rings is 2. The van der Waals surface area contributed by atoms with Crippen LogP contribution in [0.25, 0.3) is 10.9 Å². The van der Waals surface area contributed by atoms with Gasteiger partial charge in [-0.05, 0) is 79.4 Å². The van der Waals surface area contributed by atoms with Crippen LogP contribution in [-0.4, -0.2) is 102 Å². The SMILES string of the molecule is COc1cc(OCC(=O)N(C)CCN(C)C2CCC(OC(=O)C(O)(c3cccs3)c3cccs3)CC2)c(Cl)cc1CNC[C@@H](O)c1ccc(O)c2[nH]c(=O)ccc12.F.F. The summed E-state index contributed by atoms with van der Waals surface area (Å²) in [6.07, 6.45) is 1.76. The number of carbonyl (C=O) groups is 2. The summed E-state index contributed by atoms with van der Waals surface area (Å²) in [5.74, 6) is -0.171. The Hall–Kier alpha value is -4.62. The molecule has 0 aliphatic heterocycles. The number of aromatic amines is 1.